The lowest BCUT2D eigenvalue weighted by Crippen LogP contribution is -2.43. The summed E-state index contributed by atoms with van der Waals surface area (Å²) in [7, 11) is -2.15. The molecule has 0 fully saturated rings. The third-order valence-electron chi connectivity index (χ3n) is 4.62. The predicted octanol–water partition coefficient (Wildman–Crippen LogP) is 4.73. The first kappa shape index (κ1) is 18.4. The normalized spacial score (nSPS) is 13.5. The summed E-state index contributed by atoms with van der Waals surface area (Å²) in [4.78, 5) is 17.1. The van der Waals surface area contributed by atoms with Crippen molar-refractivity contribution in [2.45, 2.75) is 45.0 Å². The first-order valence-corrected chi connectivity index (χ1v) is 10.9. The van der Waals surface area contributed by atoms with E-state index in [0.717, 1.165) is 5.56 Å². The van der Waals surface area contributed by atoms with Crippen LogP contribution in [-0.2, 0) is 4.43 Å². The second-order valence-corrected chi connectivity index (χ2v) is 12.2. The fourth-order valence-electron chi connectivity index (χ4n) is 2.06. The molecular weight excluding hydrogens is 318 g/mol. The number of benzene rings is 1. The molecule has 0 radical (unpaired) electrons. The van der Waals surface area contributed by atoms with E-state index in [9.17, 15) is 9.90 Å². The molecule has 0 saturated carbocycles. The molecule has 0 aliphatic heterocycles. The van der Waals surface area contributed by atoms with Crippen LogP contribution in [0, 0.1) is 0 Å². The third-order valence-corrected chi connectivity index (χ3v) is 9.05. The molecule has 1 atom stereocenters. The molecule has 0 aliphatic rings. The molecular formula is C19H25NO3Si. The number of phenolic OH excluding ortho intramolecular Hbond substituents is 1. The average molecular weight is 343 g/mol. The van der Waals surface area contributed by atoms with Crippen molar-refractivity contribution in [3.63, 3.8) is 0 Å². The van der Waals surface area contributed by atoms with E-state index in [4.69, 9.17) is 4.43 Å². The van der Waals surface area contributed by atoms with Crippen LogP contribution >= 0.6 is 0 Å². The lowest BCUT2D eigenvalue weighted by atomic mass is 10.0. The number of nitrogens with zero attached hydrogens (tertiary/aromatic N) is 1. The van der Waals surface area contributed by atoms with Gasteiger partial charge in [-0.3, -0.25) is 9.78 Å². The van der Waals surface area contributed by atoms with Gasteiger partial charge in [-0.25, -0.2) is 0 Å². The Kier molecular flexibility index (Phi) is 5.25. The number of hydrogen-bond acceptors (Lipinski definition) is 4. The van der Waals surface area contributed by atoms with Crippen LogP contribution in [0.25, 0.3) is 0 Å². The number of aromatic nitrogens is 1. The van der Waals surface area contributed by atoms with Gasteiger partial charge in [-0.15, -0.1) is 0 Å². The minimum Gasteiger partial charge on any atom is -0.508 e. The van der Waals surface area contributed by atoms with E-state index >= 15 is 0 Å². The van der Waals surface area contributed by atoms with Crippen molar-refractivity contribution in [2.24, 2.45) is 0 Å². The smallest absolute Gasteiger partial charge is 0.194 e. The molecule has 5 heteroatoms. The Morgan fingerprint density at radius 1 is 1.08 bits per heavy atom. The highest BCUT2D eigenvalue weighted by atomic mass is 28.4. The molecule has 1 aromatic carbocycles. The van der Waals surface area contributed by atoms with Crippen molar-refractivity contribution in [3.05, 3.63) is 59.9 Å². The molecule has 2 aromatic rings. The van der Waals surface area contributed by atoms with E-state index in [1.165, 1.54) is 12.1 Å². The number of rotatable bonds is 5. The molecule has 1 heterocycles. The first-order valence-electron chi connectivity index (χ1n) is 8.03. The molecule has 4 nitrogen and oxygen atoms in total. The highest BCUT2D eigenvalue weighted by Gasteiger charge is 2.41. The standard InChI is InChI=1S/C19H25NO3Si/c1-19(2,3)24(4,5)23-18(15-10-12-20-13-11-15)17(22)14-6-8-16(21)9-7-14/h6-13,18,21H,1-5H3. The molecule has 2 rings (SSSR count). The molecule has 1 aromatic heterocycles. The molecule has 1 unspecified atom stereocenters. The summed E-state index contributed by atoms with van der Waals surface area (Å²) in [5, 5.41) is 9.44. The van der Waals surface area contributed by atoms with E-state index in [1.54, 1.807) is 24.5 Å². The van der Waals surface area contributed by atoms with Crippen LogP contribution in [0.1, 0.15) is 42.8 Å². The summed E-state index contributed by atoms with van der Waals surface area (Å²) < 4.78 is 6.43. The van der Waals surface area contributed by atoms with Gasteiger partial charge in [-0.2, -0.15) is 0 Å². The lowest BCUT2D eigenvalue weighted by Gasteiger charge is -2.39. The highest BCUT2D eigenvalue weighted by Crippen LogP contribution is 2.40. The number of ketones is 1. The summed E-state index contributed by atoms with van der Waals surface area (Å²) >= 11 is 0. The zero-order valence-corrected chi connectivity index (χ0v) is 15.9. The van der Waals surface area contributed by atoms with E-state index in [1.807, 2.05) is 12.1 Å². The number of Topliss-reactive ketones (excluding diaryl/α,β-unsaturated/α-hetero) is 1. The zero-order valence-electron chi connectivity index (χ0n) is 14.9. The molecule has 0 amide bonds. The van der Waals surface area contributed by atoms with Gasteiger partial charge in [0.05, 0.1) is 0 Å². The van der Waals surface area contributed by atoms with E-state index in [0.29, 0.717) is 5.56 Å². The fraction of sp³-hybridized carbons (Fsp3) is 0.368. The van der Waals surface area contributed by atoms with Gasteiger partial charge in [0.1, 0.15) is 11.9 Å². The van der Waals surface area contributed by atoms with Crippen molar-refractivity contribution in [3.8, 4) is 5.75 Å². The number of carbonyl (C=O) groups is 1. The van der Waals surface area contributed by atoms with Gasteiger partial charge in [-0.05, 0) is 60.1 Å². The Morgan fingerprint density at radius 2 is 1.62 bits per heavy atom. The van der Waals surface area contributed by atoms with Gasteiger partial charge < -0.3 is 9.53 Å². The Balaban J connectivity index is 2.40. The number of phenols is 1. The Morgan fingerprint density at radius 3 is 2.12 bits per heavy atom. The van der Waals surface area contributed by atoms with Gasteiger partial charge >= 0.3 is 0 Å². The summed E-state index contributed by atoms with van der Waals surface area (Å²) in [6.07, 6.45) is 2.67. The Hall–Kier alpha value is -1.98. The monoisotopic (exact) mass is 343 g/mol. The number of carbonyl (C=O) groups excluding carboxylic acids is 1. The number of pyridine rings is 1. The van der Waals surface area contributed by atoms with Gasteiger partial charge in [0.15, 0.2) is 14.1 Å². The largest absolute Gasteiger partial charge is 0.508 e. The van der Waals surface area contributed by atoms with Crippen molar-refractivity contribution in [1.82, 2.24) is 4.98 Å². The molecule has 0 aliphatic carbocycles. The lowest BCUT2D eigenvalue weighted by molar-refractivity contribution is 0.0767. The third kappa shape index (κ3) is 4.10. The molecule has 24 heavy (non-hydrogen) atoms. The molecule has 0 saturated heterocycles. The van der Waals surface area contributed by atoms with Crippen molar-refractivity contribution < 1.29 is 14.3 Å². The second-order valence-electron chi connectivity index (χ2n) is 7.45. The van der Waals surface area contributed by atoms with Crippen LogP contribution in [-0.4, -0.2) is 24.2 Å². The Bertz CT molecular complexity index is 691. The number of aromatic hydroxyl groups is 1. The summed E-state index contributed by atoms with van der Waals surface area (Å²) in [5.41, 5.74) is 1.32. The molecule has 128 valence electrons. The fourth-order valence-corrected chi connectivity index (χ4v) is 3.25. The van der Waals surface area contributed by atoms with Gasteiger partial charge in [0.25, 0.3) is 0 Å². The maximum absolute atomic E-state index is 13.1. The number of hydrogen-bond donors (Lipinski definition) is 1. The molecule has 0 spiro atoms. The summed E-state index contributed by atoms with van der Waals surface area (Å²) in [6.45, 7) is 10.7. The van der Waals surface area contributed by atoms with Crippen LogP contribution in [0.2, 0.25) is 18.1 Å². The van der Waals surface area contributed by atoms with Crippen molar-refractivity contribution in [1.29, 1.82) is 0 Å². The Labute approximate surface area is 144 Å². The zero-order chi connectivity index (χ0) is 18.0. The molecule has 0 bridgehead atoms. The summed E-state index contributed by atoms with van der Waals surface area (Å²) in [6, 6.07) is 9.92. The van der Waals surface area contributed by atoms with Crippen molar-refractivity contribution >= 4 is 14.1 Å². The van der Waals surface area contributed by atoms with E-state index < -0.39 is 14.4 Å². The topological polar surface area (TPSA) is 59.4 Å². The highest BCUT2D eigenvalue weighted by molar-refractivity contribution is 6.74. The summed E-state index contributed by atoms with van der Waals surface area (Å²) in [5.74, 6) is 0.0309. The maximum Gasteiger partial charge on any atom is 0.194 e. The van der Waals surface area contributed by atoms with Crippen LogP contribution in [0.5, 0.6) is 5.75 Å². The van der Waals surface area contributed by atoms with Crippen LogP contribution in [0.15, 0.2) is 48.8 Å². The van der Waals surface area contributed by atoms with E-state index in [-0.39, 0.29) is 16.6 Å². The van der Waals surface area contributed by atoms with Crippen molar-refractivity contribution in [2.75, 3.05) is 0 Å². The average Bonchev–Trinajstić information content (AvgIpc) is 2.52. The SMILES string of the molecule is CC(C)(C)[Si](C)(C)OC(C(=O)c1ccc(O)cc1)c1ccncc1. The second kappa shape index (κ2) is 6.87. The van der Waals surface area contributed by atoms with Gasteiger partial charge in [-0.1, -0.05) is 20.8 Å². The first-order chi connectivity index (χ1) is 11.1. The molecule has 1 N–H and O–H groups in total. The quantitative estimate of drug-likeness (QED) is 0.629. The van der Waals surface area contributed by atoms with Gasteiger partial charge in [0, 0.05) is 18.0 Å². The van der Waals surface area contributed by atoms with E-state index in [2.05, 4.69) is 38.8 Å². The van der Waals surface area contributed by atoms with Gasteiger partial charge in [0.2, 0.25) is 0 Å². The van der Waals surface area contributed by atoms with Crippen LogP contribution < -0.4 is 0 Å². The maximum atomic E-state index is 13.1. The predicted molar refractivity (Wildman–Crippen MR) is 97.7 cm³/mol. The minimum absolute atomic E-state index is 0.00643. The van der Waals surface area contributed by atoms with Crippen LogP contribution in [0.3, 0.4) is 0 Å². The van der Waals surface area contributed by atoms with Crippen LogP contribution in [0.4, 0.5) is 0 Å². The minimum atomic E-state index is -2.15.